The maximum atomic E-state index is 10.8. The summed E-state index contributed by atoms with van der Waals surface area (Å²) < 4.78 is 5.58. The SMILES string of the molecule is CCC(C)CCCOc1ccc(C(=O)Cl)cc1. The van der Waals surface area contributed by atoms with Gasteiger partial charge < -0.3 is 4.74 Å². The van der Waals surface area contributed by atoms with Crippen molar-refractivity contribution in [3.05, 3.63) is 29.8 Å². The highest BCUT2D eigenvalue weighted by Gasteiger charge is 2.02. The summed E-state index contributed by atoms with van der Waals surface area (Å²) in [6.45, 7) is 5.17. The van der Waals surface area contributed by atoms with Gasteiger partial charge in [0.2, 0.25) is 0 Å². The fraction of sp³-hybridized carbons (Fsp3) is 0.500. The van der Waals surface area contributed by atoms with E-state index in [1.807, 2.05) is 0 Å². The van der Waals surface area contributed by atoms with Crippen LogP contribution in [0.5, 0.6) is 5.75 Å². The first-order chi connectivity index (χ1) is 8.13. The molecule has 0 fully saturated rings. The Morgan fingerprint density at radius 3 is 2.53 bits per heavy atom. The fourth-order valence-electron chi connectivity index (χ4n) is 1.51. The van der Waals surface area contributed by atoms with Gasteiger partial charge in [-0.25, -0.2) is 0 Å². The van der Waals surface area contributed by atoms with Crippen LogP contribution in [0, 0.1) is 5.92 Å². The molecule has 0 saturated heterocycles. The predicted molar refractivity (Wildman–Crippen MR) is 70.8 cm³/mol. The van der Waals surface area contributed by atoms with Crippen molar-refractivity contribution in [2.24, 2.45) is 5.92 Å². The largest absolute Gasteiger partial charge is 0.494 e. The number of benzene rings is 1. The molecule has 0 radical (unpaired) electrons. The van der Waals surface area contributed by atoms with Crippen LogP contribution in [0.3, 0.4) is 0 Å². The van der Waals surface area contributed by atoms with E-state index in [9.17, 15) is 4.79 Å². The number of carbonyl (C=O) groups is 1. The minimum Gasteiger partial charge on any atom is -0.494 e. The van der Waals surface area contributed by atoms with Crippen molar-refractivity contribution in [2.45, 2.75) is 33.1 Å². The maximum Gasteiger partial charge on any atom is 0.252 e. The van der Waals surface area contributed by atoms with Gasteiger partial charge in [0, 0.05) is 5.56 Å². The molecule has 0 aliphatic rings. The molecule has 0 aliphatic carbocycles. The second-order valence-electron chi connectivity index (χ2n) is 4.30. The molecule has 94 valence electrons. The molecule has 3 heteroatoms. The van der Waals surface area contributed by atoms with Crippen molar-refractivity contribution < 1.29 is 9.53 Å². The first-order valence-corrected chi connectivity index (χ1v) is 6.44. The van der Waals surface area contributed by atoms with Crippen LogP contribution in [0.25, 0.3) is 0 Å². The van der Waals surface area contributed by atoms with E-state index in [2.05, 4.69) is 13.8 Å². The smallest absolute Gasteiger partial charge is 0.252 e. The molecule has 1 unspecified atom stereocenters. The van der Waals surface area contributed by atoms with E-state index in [-0.39, 0.29) is 0 Å². The summed E-state index contributed by atoms with van der Waals surface area (Å²) in [6.07, 6.45) is 3.46. The first kappa shape index (κ1) is 14.0. The zero-order chi connectivity index (χ0) is 12.7. The Morgan fingerprint density at radius 2 is 2.00 bits per heavy atom. The van der Waals surface area contributed by atoms with Gasteiger partial charge in [0.25, 0.3) is 5.24 Å². The summed E-state index contributed by atoms with van der Waals surface area (Å²) in [5.41, 5.74) is 0.499. The zero-order valence-corrected chi connectivity index (χ0v) is 11.2. The van der Waals surface area contributed by atoms with E-state index in [0.29, 0.717) is 5.56 Å². The predicted octanol–water partition coefficient (Wildman–Crippen LogP) is 4.27. The van der Waals surface area contributed by atoms with Gasteiger partial charge in [-0.1, -0.05) is 20.3 Å². The van der Waals surface area contributed by atoms with E-state index in [4.69, 9.17) is 16.3 Å². The highest BCUT2D eigenvalue weighted by Crippen LogP contribution is 2.15. The van der Waals surface area contributed by atoms with E-state index in [0.717, 1.165) is 24.7 Å². The molecular formula is C14H19ClO2. The normalized spacial score (nSPS) is 12.2. The molecule has 0 amide bonds. The van der Waals surface area contributed by atoms with Gasteiger partial charge in [0.05, 0.1) is 6.61 Å². The number of halogens is 1. The molecule has 0 N–H and O–H groups in total. The van der Waals surface area contributed by atoms with Crippen LogP contribution in [0.2, 0.25) is 0 Å². The minimum absolute atomic E-state index is 0.437. The molecule has 0 aromatic heterocycles. The maximum absolute atomic E-state index is 10.8. The van der Waals surface area contributed by atoms with Crippen LogP contribution in [-0.2, 0) is 0 Å². The lowest BCUT2D eigenvalue weighted by Gasteiger charge is -2.09. The standard InChI is InChI=1S/C14H19ClO2/c1-3-11(2)5-4-10-17-13-8-6-12(7-9-13)14(15)16/h6-9,11H,3-5,10H2,1-2H3. The van der Waals surface area contributed by atoms with Crippen molar-refractivity contribution in [2.75, 3.05) is 6.61 Å². The van der Waals surface area contributed by atoms with E-state index >= 15 is 0 Å². The van der Waals surface area contributed by atoms with E-state index < -0.39 is 5.24 Å². The number of ether oxygens (including phenoxy) is 1. The lowest BCUT2D eigenvalue weighted by atomic mass is 10.0. The third kappa shape index (κ3) is 5.22. The van der Waals surface area contributed by atoms with Crippen LogP contribution in [0.1, 0.15) is 43.5 Å². The molecule has 17 heavy (non-hydrogen) atoms. The summed E-state index contributed by atoms with van der Waals surface area (Å²) in [7, 11) is 0. The summed E-state index contributed by atoms with van der Waals surface area (Å²) in [4.78, 5) is 10.8. The minimum atomic E-state index is -0.437. The van der Waals surface area contributed by atoms with E-state index in [1.165, 1.54) is 12.8 Å². The van der Waals surface area contributed by atoms with Crippen LogP contribution in [0.15, 0.2) is 24.3 Å². The van der Waals surface area contributed by atoms with Gasteiger partial charge in [-0.05, 0) is 54.6 Å². The van der Waals surface area contributed by atoms with Gasteiger partial charge in [0.15, 0.2) is 0 Å². The monoisotopic (exact) mass is 254 g/mol. The molecular weight excluding hydrogens is 236 g/mol. The third-order valence-electron chi connectivity index (χ3n) is 2.89. The van der Waals surface area contributed by atoms with Crippen molar-refractivity contribution in [1.29, 1.82) is 0 Å². The van der Waals surface area contributed by atoms with Crippen molar-refractivity contribution >= 4 is 16.8 Å². The van der Waals surface area contributed by atoms with Gasteiger partial charge >= 0.3 is 0 Å². The highest BCUT2D eigenvalue weighted by atomic mass is 35.5. The average Bonchev–Trinajstić information content (AvgIpc) is 2.34. The molecule has 0 saturated carbocycles. The molecule has 1 aromatic carbocycles. The van der Waals surface area contributed by atoms with Crippen molar-refractivity contribution in [3.63, 3.8) is 0 Å². The molecule has 1 aromatic rings. The molecule has 1 rings (SSSR count). The number of hydrogen-bond acceptors (Lipinski definition) is 2. The quantitative estimate of drug-likeness (QED) is 0.537. The number of carbonyl (C=O) groups excluding carboxylic acids is 1. The zero-order valence-electron chi connectivity index (χ0n) is 10.4. The Bertz CT molecular complexity index is 346. The molecule has 1 atom stereocenters. The molecule has 0 bridgehead atoms. The van der Waals surface area contributed by atoms with Crippen LogP contribution < -0.4 is 4.74 Å². The molecule has 0 aliphatic heterocycles. The van der Waals surface area contributed by atoms with Crippen LogP contribution >= 0.6 is 11.6 Å². The van der Waals surface area contributed by atoms with Crippen molar-refractivity contribution in [3.8, 4) is 5.75 Å². The summed E-state index contributed by atoms with van der Waals surface area (Å²) in [5, 5.41) is -0.437. The fourth-order valence-corrected chi connectivity index (χ4v) is 1.63. The Labute approximate surface area is 108 Å². The lowest BCUT2D eigenvalue weighted by molar-refractivity contribution is 0.108. The summed E-state index contributed by atoms with van der Waals surface area (Å²) >= 11 is 5.35. The summed E-state index contributed by atoms with van der Waals surface area (Å²) in [6, 6.07) is 6.91. The Morgan fingerprint density at radius 1 is 1.35 bits per heavy atom. The van der Waals surface area contributed by atoms with Gasteiger partial charge in [-0.2, -0.15) is 0 Å². The first-order valence-electron chi connectivity index (χ1n) is 6.06. The lowest BCUT2D eigenvalue weighted by Crippen LogP contribution is -2.01. The molecule has 2 nitrogen and oxygen atoms in total. The molecule has 0 spiro atoms. The van der Waals surface area contributed by atoms with E-state index in [1.54, 1.807) is 24.3 Å². The second kappa shape index (κ2) is 7.33. The summed E-state index contributed by atoms with van der Waals surface area (Å²) in [5.74, 6) is 1.55. The topological polar surface area (TPSA) is 26.3 Å². The van der Waals surface area contributed by atoms with Gasteiger partial charge in [-0.15, -0.1) is 0 Å². The highest BCUT2D eigenvalue weighted by molar-refractivity contribution is 6.67. The second-order valence-corrected chi connectivity index (χ2v) is 4.65. The Kier molecular flexibility index (Phi) is 6.06. The average molecular weight is 255 g/mol. The number of rotatable bonds is 7. The van der Waals surface area contributed by atoms with Crippen LogP contribution in [0.4, 0.5) is 0 Å². The van der Waals surface area contributed by atoms with Gasteiger partial charge in [0.1, 0.15) is 5.75 Å². The molecule has 0 heterocycles. The van der Waals surface area contributed by atoms with Gasteiger partial charge in [-0.3, -0.25) is 4.79 Å². The van der Waals surface area contributed by atoms with Crippen LogP contribution in [-0.4, -0.2) is 11.8 Å². The Hall–Kier alpha value is -1.02. The third-order valence-corrected chi connectivity index (χ3v) is 3.11. The number of hydrogen-bond donors (Lipinski definition) is 0. The van der Waals surface area contributed by atoms with Crippen molar-refractivity contribution in [1.82, 2.24) is 0 Å². The Balaban J connectivity index is 2.30.